The van der Waals surface area contributed by atoms with Gasteiger partial charge >= 0.3 is 0 Å². The van der Waals surface area contributed by atoms with Gasteiger partial charge in [-0.25, -0.2) is 0 Å². The zero-order chi connectivity index (χ0) is 13.5. The quantitative estimate of drug-likeness (QED) is 0.461. The maximum absolute atomic E-state index is 5.97. The number of halogens is 1. The number of nitrogens with two attached hydrogens (primary N) is 1. The molecule has 1 heterocycles. The number of nitrogens with one attached hydrogen (secondary N) is 1. The minimum absolute atomic E-state index is 0.313. The SMILES string of the molecule is NNC(CCC1CCCO1)CSc1cccc(Cl)c1. The van der Waals surface area contributed by atoms with Crippen molar-refractivity contribution in [3.63, 3.8) is 0 Å². The number of hydrogen-bond donors (Lipinski definition) is 2. The van der Waals surface area contributed by atoms with Crippen LogP contribution in [-0.4, -0.2) is 24.5 Å². The molecule has 5 heteroatoms. The van der Waals surface area contributed by atoms with Gasteiger partial charge in [0.25, 0.3) is 0 Å². The molecule has 3 N–H and O–H groups in total. The molecule has 106 valence electrons. The molecule has 0 radical (unpaired) electrons. The highest BCUT2D eigenvalue weighted by atomic mass is 35.5. The lowest BCUT2D eigenvalue weighted by molar-refractivity contribution is 0.100. The summed E-state index contributed by atoms with van der Waals surface area (Å²) in [6.07, 6.45) is 4.97. The van der Waals surface area contributed by atoms with Gasteiger partial charge < -0.3 is 4.74 Å². The van der Waals surface area contributed by atoms with Crippen LogP contribution in [0.4, 0.5) is 0 Å². The van der Waals surface area contributed by atoms with E-state index < -0.39 is 0 Å². The maximum Gasteiger partial charge on any atom is 0.0576 e. The van der Waals surface area contributed by atoms with Crippen molar-refractivity contribution in [3.05, 3.63) is 29.3 Å². The predicted molar refractivity (Wildman–Crippen MR) is 81.5 cm³/mol. The van der Waals surface area contributed by atoms with Crippen LogP contribution in [0.25, 0.3) is 0 Å². The second-order valence-electron chi connectivity index (χ2n) is 4.84. The Labute approximate surface area is 124 Å². The van der Waals surface area contributed by atoms with Gasteiger partial charge in [0.2, 0.25) is 0 Å². The van der Waals surface area contributed by atoms with Gasteiger partial charge in [-0.05, 0) is 43.9 Å². The van der Waals surface area contributed by atoms with Crippen molar-refractivity contribution in [2.45, 2.75) is 42.7 Å². The van der Waals surface area contributed by atoms with Crippen molar-refractivity contribution in [1.82, 2.24) is 5.43 Å². The summed E-state index contributed by atoms with van der Waals surface area (Å²) in [4.78, 5) is 1.19. The number of hydrogen-bond acceptors (Lipinski definition) is 4. The average molecular weight is 301 g/mol. The molecule has 0 bridgehead atoms. The van der Waals surface area contributed by atoms with E-state index in [2.05, 4.69) is 11.5 Å². The monoisotopic (exact) mass is 300 g/mol. The molecule has 0 saturated carbocycles. The summed E-state index contributed by atoms with van der Waals surface area (Å²) in [7, 11) is 0. The van der Waals surface area contributed by atoms with Crippen LogP contribution < -0.4 is 11.3 Å². The Bertz CT molecular complexity index is 385. The van der Waals surface area contributed by atoms with E-state index >= 15 is 0 Å². The molecule has 1 aliphatic rings. The first-order valence-corrected chi connectivity index (χ1v) is 8.10. The van der Waals surface area contributed by atoms with Crippen LogP contribution in [0.2, 0.25) is 5.02 Å². The van der Waals surface area contributed by atoms with Gasteiger partial charge in [-0.2, -0.15) is 0 Å². The van der Waals surface area contributed by atoms with Crippen LogP contribution in [0.3, 0.4) is 0 Å². The number of rotatable bonds is 7. The van der Waals surface area contributed by atoms with E-state index in [-0.39, 0.29) is 0 Å². The molecule has 2 unspecified atom stereocenters. The first kappa shape index (κ1) is 15.1. The molecule has 0 spiro atoms. The largest absolute Gasteiger partial charge is 0.378 e. The first-order valence-electron chi connectivity index (χ1n) is 6.74. The average Bonchev–Trinajstić information content (AvgIpc) is 2.92. The Hall–Kier alpha value is -0.260. The van der Waals surface area contributed by atoms with Crippen molar-refractivity contribution in [2.24, 2.45) is 5.84 Å². The zero-order valence-electron chi connectivity index (χ0n) is 11.0. The molecule has 1 aromatic carbocycles. The van der Waals surface area contributed by atoms with Crippen LogP contribution in [0.15, 0.2) is 29.2 Å². The lowest BCUT2D eigenvalue weighted by atomic mass is 10.1. The van der Waals surface area contributed by atoms with E-state index in [0.29, 0.717) is 12.1 Å². The molecule has 3 nitrogen and oxygen atoms in total. The summed E-state index contributed by atoms with van der Waals surface area (Å²) in [5.74, 6) is 6.57. The van der Waals surface area contributed by atoms with Gasteiger partial charge in [-0.15, -0.1) is 11.8 Å². The molecule has 0 aromatic heterocycles. The molecule has 1 aromatic rings. The Morgan fingerprint density at radius 3 is 3.11 bits per heavy atom. The molecule has 2 rings (SSSR count). The number of thioether (sulfide) groups is 1. The molecular weight excluding hydrogens is 280 g/mol. The molecule has 1 saturated heterocycles. The minimum Gasteiger partial charge on any atom is -0.378 e. The second kappa shape index (κ2) is 8.12. The molecule has 2 atom stereocenters. The molecule has 19 heavy (non-hydrogen) atoms. The van der Waals surface area contributed by atoms with Gasteiger partial charge in [0.1, 0.15) is 0 Å². The third-order valence-corrected chi connectivity index (χ3v) is 4.74. The van der Waals surface area contributed by atoms with Gasteiger partial charge in [-0.3, -0.25) is 11.3 Å². The van der Waals surface area contributed by atoms with Crippen LogP contribution in [-0.2, 0) is 4.74 Å². The second-order valence-corrected chi connectivity index (χ2v) is 6.37. The molecule has 1 aliphatic heterocycles. The van der Waals surface area contributed by atoms with E-state index in [9.17, 15) is 0 Å². The first-order chi connectivity index (χ1) is 9.28. The number of ether oxygens (including phenoxy) is 1. The lowest BCUT2D eigenvalue weighted by Gasteiger charge is -2.17. The van der Waals surface area contributed by atoms with Crippen molar-refractivity contribution in [1.29, 1.82) is 0 Å². The van der Waals surface area contributed by atoms with Crippen LogP contribution in [0.5, 0.6) is 0 Å². The van der Waals surface area contributed by atoms with Crippen LogP contribution in [0.1, 0.15) is 25.7 Å². The summed E-state index contributed by atoms with van der Waals surface area (Å²) < 4.78 is 5.63. The van der Waals surface area contributed by atoms with E-state index in [1.54, 1.807) is 11.8 Å². The Kier molecular flexibility index (Phi) is 6.47. The van der Waals surface area contributed by atoms with Gasteiger partial charge in [0.15, 0.2) is 0 Å². The van der Waals surface area contributed by atoms with Gasteiger partial charge in [-0.1, -0.05) is 17.7 Å². The van der Waals surface area contributed by atoms with Crippen molar-refractivity contribution in [2.75, 3.05) is 12.4 Å². The number of benzene rings is 1. The number of hydrazine groups is 1. The highest BCUT2D eigenvalue weighted by molar-refractivity contribution is 7.99. The zero-order valence-corrected chi connectivity index (χ0v) is 12.6. The maximum atomic E-state index is 5.97. The van der Waals surface area contributed by atoms with E-state index in [1.165, 1.54) is 17.7 Å². The smallest absolute Gasteiger partial charge is 0.0576 e. The van der Waals surface area contributed by atoms with Crippen molar-refractivity contribution in [3.8, 4) is 0 Å². The standard InChI is InChI=1S/C14H21ClN2OS/c15-11-3-1-5-14(9-11)19-10-12(17-16)6-7-13-4-2-8-18-13/h1,3,5,9,12-13,17H,2,4,6-8,10,16H2. The third kappa shape index (κ3) is 5.32. The summed E-state index contributed by atoms with van der Waals surface area (Å²) in [6, 6.07) is 8.24. The topological polar surface area (TPSA) is 47.3 Å². The van der Waals surface area contributed by atoms with Crippen molar-refractivity contribution < 1.29 is 4.74 Å². The highest BCUT2D eigenvalue weighted by Crippen LogP contribution is 2.24. The Morgan fingerprint density at radius 1 is 1.53 bits per heavy atom. The fraction of sp³-hybridized carbons (Fsp3) is 0.571. The van der Waals surface area contributed by atoms with Gasteiger partial charge in [0, 0.05) is 28.3 Å². The van der Waals surface area contributed by atoms with Crippen molar-refractivity contribution >= 4 is 23.4 Å². The van der Waals surface area contributed by atoms with E-state index in [4.69, 9.17) is 22.2 Å². The molecule has 0 aliphatic carbocycles. The normalized spacial score (nSPS) is 20.6. The molecule has 1 fully saturated rings. The summed E-state index contributed by atoms with van der Waals surface area (Å²) in [6.45, 7) is 0.919. The van der Waals surface area contributed by atoms with Gasteiger partial charge in [0.05, 0.1) is 6.10 Å². The lowest BCUT2D eigenvalue weighted by Crippen LogP contribution is -2.37. The van der Waals surface area contributed by atoms with Crippen LogP contribution in [0, 0.1) is 0 Å². The third-order valence-electron chi connectivity index (χ3n) is 3.34. The molecular formula is C14H21ClN2OS. The van der Waals surface area contributed by atoms with Crippen LogP contribution >= 0.6 is 23.4 Å². The fourth-order valence-corrected chi connectivity index (χ4v) is 3.52. The summed E-state index contributed by atoms with van der Waals surface area (Å²) >= 11 is 7.75. The highest BCUT2D eigenvalue weighted by Gasteiger charge is 2.17. The summed E-state index contributed by atoms with van der Waals surface area (Å²) in [5.41, 5.74) is 2.90. The van der Waals surface area contributed by atoms with E-state index in [0.717, 1.165) is 30.2 Å². The summed E-state index contributed by atoms with van der Waals surface area (Å²) in [5, 5.41) is 0.779. The predicted octanol–water partition coefficient (Wildman–Crippen LogP) is 3.22. The Balaban J connectivity index is 1.72. The Morgan fingerprint density at radius 2 is 2.42 bits per heavy atom. The molecule has 0 amide bonds. The minimum atomic E-state index is 0.313. The fourth-order valence-electron chi connectivity index (χ4n) is 2.23. The van der Waals surface area contributed by atoms with E-state index in [1.807, 2.05) is 18.2 Å².